The van der Waals surface area contributed by atoms with Crippen LogP contribution in [0.2, 0.25) is 5.02 Å². The van der Waals surface area contributed by atoms with Crippen molar-refractivity contribution in [2.75, 3.05) is 25.7 Å². The van der Waals surface area contributed by atoms with Gasteiger partial charge in [-0.05, 0) is 38.0 Å². The van der Waals surface area contributed by atoms with Crippen LogP contribution in [0.1, 0.15) is 39.2 Å². The largest absolute Gasteiger partial charge is 0.495 e. The molecule has 7 atom stereocenters. The molecular formula is C28H37ClN2O8. The number of carbonyl (C=O) groups excluding carboxylic acids is 2. The topological polar surface area (TPSA) is 141 Å². The normalized spacial score (nSPS) is 37.6. The number of amides is 2. The monoisotopic (exact) mass is 564 g/mol. The lowest BCUT2D eigenvalue weighted by atomic mass is 9.81. The van der Waals surface area contributed by atoms with Crippen molar-refractivity contribution >= 4 is 29.3 Å². The molecule has 0 saturated carbocycles. The summed E-state index contributed by atoms with van der Waals surface area (Å²) >= 11 is 6.57. The van der Waals surface area contributed by atoms with Crippen LogP contribution in [0.5, 0.6) is 5.75 Å². The molecule has 2 unspecified atom stereocenters. The number of hydrogen-bond donors (Lipinski definition) is 4. The Morgan fingerprint density at radius 2 is 2.03 bits per heavy atom. The number of hydrogen-bond acceptors (Lipinski definition) is 8. The number of aliphatic hydroxyl groups is 3. The van der Waals surface area contributed by atoms with Crippen molar-refractivity contribution in [3.8, 4) is 5.75 Å². The third kappa shape index (κ3) is 5.81. The highest BCUT2D eigenvalue weighted by Gasteiger charge is 2.62. The predicted octanol–water partition coefficient (Wildman–Crippen LogP) is 2.71. The zero-order valence-electron chi connectivity index (χ0n) is 22.8. The molecule has 0 radical (unpaired) electrons. The number of methoxy groups -OCH3 is 1. The van der Waals surface area contributed by atoms with Gasteiger partial charge in [-0.1, -0.05) is 42.3 Å². The van der Waals surface area contributed by atoms with Gasteiger partial charge in [-0.25, -0.2) is 4.79 Å². The molecular weight excluding hydrogens is 528 g/mol. The fraction of sp³-hybridized carbons (Fsp3) is 0.571. The number of epoxide rings is 1. The van der Waals surface area contributed by atoms with Crippen LogP contribution in [0.4, 0.5) is 10.5 Å². The van der Waals surface area contributed by atoms with Gasteiger partial charge in [-0.3, -0.25) is 10.1 Å². The number of allylic oxidation sites excluding steroid dienone is 3. The fourth-order valence-electron chi connectivity index (χ4n) is 5.49. The molecule has 214 valence electrons. The zero-order chi connectivity index (χ0) is 28.7. The molecule has 1 aromatic rings. The smallest absolute Gasteiger partial charge is 0.409 e. The average Bonchev–Trinajstić information content (AvgIpc) is 3.58. The Morgan fingerprint density at radius 3 is 2.69 bits per heavy atom. The highest BCUT2D eigenvalue weighted by atomic mass is 35.5. The van der Waals surface area contributed by atoms with E-state index in [1.165, 1.54) is 12.0 Å². The van der Waals surface area contributed by atoms with E-state index >= 15 is 0 Å². The number of fused-ring (bicyclic) bond motifs is 5. The van der Waals surface area contributed by atoms with Crippen molar-refractivity contribution < 1.29 is 39.1 Å². The molecule has 39 heavy (non-hydrogen) atoms. The molecule has 11 heteroatoms. The van der Waals surface area contributed by atoms with Gasteiger partial charge in [-0.15, -0.1) is 0 Å². The molecule has 0 aliphatic carbocycles. The number of benzene rings is 1. The first-order valence-electron chi connectivity index (χ1n) is 13.0. The number of halogens is 1. The van der Waals surface area contributed by atoms with Crippen molar-refractivity contribution in [2.45, 2.75) is 69.7 Å². The summed E-state index contributed by atoms with van der Waals surface area (Å²) in [6.07, 6.45) is 2.23. The van der Waals surface area contributed by atoms with Gasteiger partial charge in [0.1, 0.15) is 22.5 Å². The van der Waals surface area contributed by atoms with Gasteiger partial charge in [0, 0.05) is 25.3 Å². The van der Waals surface area contributed by atoms with Crippen LogP contribution in [0.3, 0.4) is 0 Å². The second-order valence-electron chi connectivity index (χ2n) is 10.9. The molecule has 4 N–H and O–H groups in total. The molecule has 2 saturated heterocycles. The predicted molar refractivity (Wildman–Crippen MR) is 145 cm³/mol. The SMILES string of the molecule is COc1cc2cc(c1Cl)N(C)C(=O)C[C@H](O)C1(C)O[C@@H]1[C@H](C)C1C[C@@](O)(NC(=O)O1)[C@H](CO)/C=C/C=C(\C)C2. The molecule has 3 heterocycles. The average molecular weight is 565 g/mol. The molecule has 3 aliphatic heterocycles. The minimum absolute atomic E-state index is 0.00397. The van der Waals surface area contributed by atoms with E-state index in [9.17, 15) is 24.9 Å². The number of ether oxygens (including phenoxy) is 3. The van der Waals surface area contributed by atoms with Gasteiger partial charge in [0.2, 0.25) is 5.91 Å². The van der Waals surface area contributed by atoms with Crippen molar-refractivity contribution in [3.63, 3.8) is 0 Å². The molecule has 4 rings (SSSR count). The first kappa shape index (κ1) is 29.4. The maximum Gasteiger partial charge on any atom is 0.409 e. The van der Waals surface area contributed by atoms with Crippen LogP contribution < -0.4 is 15.0 Å². The Balaban J connectivity index is 1.74. The summed E-state index contributed by atoms with van der Waals surface area (Å²) in [6.45, 7) is 5.01. The number of nitrogens with one attached hydrogen (secondary N) is 1. The number of rotatable bonds is 2. The van der Waals surface area contributed by atoms with Crippen LogP contribution >= 0.6 is 11.6 Å². The van der Waals surface area contributed by atoms with E-state index in [0.717, 1.165) is 11.1 Å². The van der Waals surface area contributed by atoms with E-state index in [1.54, 1.807) is 45.2 Å². The van der Waals surface area contributed by atoms with E-state index < -0.39 is 54.2 Å². The number of anilines is 1. The second-order valence-corrected chi connectivity index (χ2v) is 11.3. The Hall–Kier alpha value is -2.63. The molecule has 0 aromatic heterocycles. The van der Waals surface area contributed by atoms with E-state index in [0.29, 0.717) is 17.9 Å². The number of alkyl carbamates (subject to hydrolysis) is 1. The van der Waals surface area contributed by atoms with Gasteiger partial charge in [0.05, 0.1) is 38.0 Å². The molecule has 10 nitrogen and oxygen atoms in total. The van der Waals surface area contributed by atoms with Crippen LogP contribution in [-0.4, -0.2) is 77.7 Å². The highest BCUT2D eigenvalue weighted by molar-refractivity contribution is 6.35. The van der Waals surface area contributed by atoms with Crippen LogP contribution in [-0.2, 0) is 20.7 Å². The number of nitrogens with zero attached hydrogens (tertiary/aromatic N) is 1. The zero-order valence-corrected chi connectivity index (χ0v) is 23.6. The summed E-state index contributed by atoms with van der Waals surface area (Å²) < 4.78 is 16.8. The Morgan fingerprint density at radius 1 is 1.31 bits per heavy atom. The molecule has 0 spiro atoms. The Kier molecular flexibility index (Phi) is 8.35. The first-order chi connectivity index (χ1) is 18.3. The summed E-state index contributed by atoms with van der Waals surface area (Å²) in [5, 5.41) is 35.3. The van der Waals surface area contributed by atoms with E-state index in [2.05, 4.69) is 5.32 Å². The second kappa shape index (κ2) is 11.1. The third-order valence-corrected chi connectivity index (χ3v) is 8.50. The summed E-state index contributed by atoms with van der Waals surface area (Å²) in [5.41, 5.74) is -0.583. The molecule has 2 amide bonds. The minimum atomic E-state index is -1.76. The summed E-state index contributed by atoms with van der Waals surface area (Å²) in [5.74, 6) is -1.18. The molecule has 1 aromatic carbocycles. The number of carbonyl (C=O) groups is 2. The lowest BCUT2D eigenvalue weighted by Gasteiger charge is -2.42. The molecule has 3 aliphatic rings. The standard InChI is InChI=1S/C28H37ClN2O8/c1-15-7-6-8-18(14-32)28(36)13-21(38-26(35)30-28)16(2)25-27(3,39-25)22(33)12-23(34)31(4)19-10-17(9-15)11-20(37-5)24(19)29/h6-8,10-11,16,18,21-22,25,32-33,36H,9,12-14H2,1-5H3,(H,30,35)/b8-6+,15-7+/t16-,18+,21?,22+,25-,27?,28+/m1/s1. The van der Waals surface area contributed by atoms with Crippen molar-refractivity contribution in [1.82, 2.24) is 5.32 Å². The molecule has 2 fully saturated rings. The van der Waals surface area contributed by atoms with Crippen molar-refractivity contribution in [2.24, 2.45) is 11.8 Å². The van der Waals surface area contributed by atoms with Crippen LogP contribution in [0.15, 0.2) is 35.9 Å². The summed E-state index contributed by atoms with van der Waals surface area (Å²) in [4.78, 5) is 27.1. The van der Waals surface area contributed by atoms with Crippen molar-refractivity contribution in [3.05, 3.63) is 46.5 Å². The Labute approximate surface area is 233 Å². The summed E-state index contributed by atoms with van der Waals surface area (Å²) in [7, 11) is 3.09. The van der Waals surface area contributed by atoms with Gasteiger partial charge >= 0.3 is 6.09 Å². The van der Waals surface area contributed by atoms with Crippen molar-refractivity contribution in [1.29, 1.82) is 0 Å². The maximum atomic E-state index is 13.3. The quantitative estimate of drug-likeness (QED) is 0.402. The van der Waals surface area contributed by atoms with Gasteiger partial charge in [0.15, 0.2) is 5.72 Å². The third-order valence-electron chi connectivity index (χ3n) is 8.12. The van der Waals surface area contributed by atoms with E-state index in [4.69, 9.17) is 25.8 Å². The fourth-order valence-corrected chi connectivity index (χ4v) is 5.80. The molecule has 4 bridgehead atoms. The maximum absolute atomic E-state index is 13.3. The van der Waals surface area contributed by atoms with Gasteiger partial charge in [-0.2, -0.15) is 0 Å². The Bertz CT molecular complexity index is 1190. The summed E-state index contributed by atoms with van der Waals surface area (Å²) in [6, 6.07) is 3.60. The lowest BCUT2D eigenvalue weighted by Crippen LogP contribution is -2.62. The van der Waals surface area contributed by atoms with Gasteiger partial charge < -0.3 is 34.4 Å². The lowest BCUT2D eigenvalue weighted by molar-refractivity contribution is -0.121. The minimum Gasteiger partial charge on any atom is -0.495 e. The van der Waals surface area contributed by atoms with Gasteiger partial charge in [0.25, 0.3) is 0 Å². The van der Waals surface area contributed by atoms with E-state index in [-0.39, 0.29) is 23.8 Å². The van der Waals surface area contributed by atoms with Crippen LogP contribution in [0, 0.1) is 11.8 Å². The highest BCUT2D eigenvalue weighted by Crippen LogP contribution is 2.48. The van der Waals surface area contributed by atoms with E-state index in [1.807, 2.05) is 13.0 Å². The number of aliphatic hydroxyl groups excluding tert-OH is 2. The first-order valence-corrected chi connectivity index (χ1v) is 13.4. The van der Waals surface area contributed by atoms with Crippen LogP contribution in [0.25, 0.3) is 0 Å².